The summed E-state index contributed by atoms with van der Waals surface area (Å²) in [6.07, 6.45) is 3.40. The predicted molar refractivity (Wildman–Crippen MR) is 72.3 cm³/mol. The van der Waals surface area contributed by atoms with Crippen molar-refractivity contribution in [3.05, 3.63) is 12.4 Å². The van der Waals surface area contributed by atoms with Gasteiger partial charge >= 0.3 is 0 Å². The molecule has 1 aromatic heterocycles. The maximum absolute atomic E-state index is 11.0. The van der Waals surface area contributed by atoms with Crippen molar-refractivity contribution < 1.29 is 9.53 Å². The summed E-state index contributed by atoms with van der Waals surface area (Å²) in [6, 6.07) is 2.14. The first-order chi connectivity index (χ1) is 9.19. The van der Waals surface area contributed by atoms with Gasteiger partial charge in [0.25, 0.3) is 0 Å². The van der Waals surface area contributed by atoms with Gasteiger partial charge in [-0.2, -0.15) is 0 Å². The quantitative estimate of drug-likeness (QED) is 0.878. The van der Waals surface area contributed by atoms with Crippen LogP contribution in [0.15, 0.2) is 12.4 Å². The first kappa shape index (κ1) is 13.6. The Bertz CT molecular complexity index is 430. The molecule has 1 N–H and O–H groups in total. The Balaban J connectivity index is 1.93. The van der Waals surface area contributed by atoms with Gasteiger partial charge in [0.15, 0.2) is 0 Å². The molecule has 6 heteroatoms. The normalized spacial score (nSPS) is 16.2. The van der Waals surface area contributed by atoms with E-state index < -0.39 is 0 Å². The molecule has 19 heavy (non-hydrogen) atoms. The SMILES string of the molecule is CCOc1cc(N2CCC(NC(C)=O)CC2)ncn1. The minimum absolute atomic E-state index is 0.0409. The number of carbonyl (C=O) groups excluding carboxylic acids is 1. The number of aromatic nitrogens is 2. The number of hydrogen-bond donors (Lipinski definition) is 1. The molecule has 1 aromatic rings. The number of nitrogens with zero attached hydrogens (tertiary/aromatic N) is 3. The lowest BCUT2D eigenvalue weighted by molar-refractivity contribution is -0.119. The third-order valence-corrected chi connectivity index (χ3v) is 3.15. The highest BCUT2D eigenvalue weighted by molar-refractivity contribution is 5.73. The molecule has 0 radical (unpaired) electrons. The number of ether oxygens (including phenoxy) is 1. The maximum Gasteiger partial charge on any atom is 0.218 e. The average Bonchev–Trinajstić information content (AvgIpc) is 2.40. The summed E-state index contributed by atoms with van der Waals surface area (Å²) < 4.78 is 5.38. The van der Waals surface area contributed by atoms with E-state index >= 15 is 0 Å². The van der Waals surface area contributed by atoms with E-state index in [1.807, 2.05) is 13.0 Å². The van der Waals surface area contributed by atoms with E-state index in [2.05, 4.69) is 20.2 Å². The van der Waals surface area contributed by atoms with Crippen LogP contribution in [0.5, 0.6) is 5.88 Å². The summed E-state index contributed by atoms with van der Waals surface area (Å²) in [5.41, 5.74) is 0. The molecule has 1 fully saturated rings. The lowest BCUT2D eigenvalue weighted by atomic mass is 10.1. The third-order valence-electron chi connectivity index (χ3n) is 3.15. The Labute approximate surface area is 113 Å². The maximum atomic E-state index is 11.0. The third kappa shape index (κ3) is 3.81. The lowest BCUT2D eigenvalue weighted by Gasteiger charge is -2.32. The molecule has 0 aromatic carbocycles. The van der Waals surface area contributed by atoms with Crippen LogP contribution in [0.3, 0.4) is 0 Å². The van der Waals surface area contributed by atoms with Gasteiger partial charge in [0.2, 0.25) is 11.8 Å². The topological polar surface area (TPSA) is 67.3 Å². The second-order valence-electron chi connectivity index (χ2n) is 4.61. The second kappa shape index (κ2) is 6.36. The number of hydrogen-bond acceptors (Lipinski definition) is 5. The van der Waals surface area contributed by atoms with Gasteiger partial charge in [0, 0.05) is 32.1 Å². The Hall–Kier alpha value is -1.85. The predicted octanol–water partition coefficient (Wildman–Crippen LogP) is 0.980. The van der Waals surface area contributed by atoms with Crippen molar-refractivity contribution in [3.63, 3.8) is 0 Å². The zero-order chi connectivity index (χ0) is 13.7. The summed E-state index contributed by atoms with van der Waals surface area (Å²) in [5, 5.41) is 2.96. The van der Waals surface area contributed by atoms with Gasteiger partial charge in [0.05, 0.1) is 6.61 Å². The van der Waals surface area contributed by atoms with Crippen LogP contribution in [-0.4, -0.2) is 41.6 Å². The number of anilines is 1. The van der Waals surface area contributed by atoms with E-state index in [4.69, 9.17) is 4.74 Å². The van der Waals surface area contributed by atoms with E-state index in [1.165, 1.54) is 6.33 Å². The lowest BCUT2D eigenvalue weighted by Crippen LogP contribution is -2.44. The number of rotatable bonds is 4. The monoisotopic (exact) mass is 264 g/mol. The summed E-state index contributed by atoms with van der Waals surface area (Å²) in [6.45, 7) is 5.86. The summed E-state index contributed by atoms with van der Waals surface area (Å²) in [4.78, 5) is 21.6. The van der Waals surface area contributed by atoms with Crippen molar-refractivity contribution in [1.82, 2.24) is 15.3 Å². The molecule has 104 valence electrons. The fourth-order valence-corrected chi connectivity index (χ4v) is 2.27. The molecule has 0 atom stereocenters. The molecule has 0 bridgehead atoms. The molecule has 6 nitrogen and oxygen atoms in total. The first-order valence-electron chi connectivity index (χ1n) is 6.66. The van der Waals surface area contributed by atoms with Crippen molar-refractivity contribution in [1.29, 1.82) is 0 Å². The summed E-state index contributed by atoms with van der Waals surface area (Å²) >= 11 is 0. The molecule has 0 aliphatic carbocycles. The van der Waals surface area contributed by atoms with Crippen molar-refractivity contribution >= 4 is 11.7 Å². The van der Waals surface area contributed by atoms with E-state index in [9.17, 15) is 4.79 Å². The molecular weight excluding hydrogens is 244 g/mol. The highest BCUT2D eigenvalue weighted by Gasteiger charge is 2.20. The molecular formula is C13H20N4O2. The zero-order valence-electron chi connectivity index (χ0n) is 11.4. The Kier molecular flexibility index (Phi) is 4.54. The van der Waals surface area contributed by atoms with E-state index in [1.54, 1.807) is 6.92 Å². The van der Waals surface area contributed by atoms with Crippen LogP contribution in [-0.2, 0) is 4.79 Å². The molecule has 0 unspecified atom stereocenters. The highest BCUT2D eigenvalue weighted by atomic mass is 16.5. The van der Waals surface area contributed by atoms with E-state index in [0.29, 0.717) is 12.5 Å². The van der Waals surface area contributed by atoms with Crippen LogP contribution >= 0.6 is 0 Å². The molecule has 2 rings (SSSR count). The van der Waals surface area contributed by atoms with Gasteiger partial charge in [-0.05, 0) is 19.8 Å². The Morgan fingerprint density at radius 3 is 2.84 bits per heavy atom. The van der Waals surface area contributed by atoms with Gasteiger partial charge in [-0.25, -0.2) is 9.97 Å². The average molecular weight is 264 g/mol. The zero-order valence-corrected chi connectivity index (χ0v) is 11.4. The van der Waals surface area contributed by atoms with Crippen LogP contribution in [0.25, 0.3) is 0 Å². The van der Waals surface area contributed by atoms with Crippen LogP contribution in [0.4, 0.5) is 5.82 Å². The van der Waals surface area contributed by atoms with Crippen LogP contribution in [0.2, 0.25) is 0 Å². The number of amides is 1. The van der Waals surface area contributed by atoms with Crippen LogP contribution < -0.4 is 15.0 Å². The molecule has 1 aliphatic rings. The summed E-state index contributed by atoms with van der Waals surface area (Å²) in [7, 11) is 0. The highest BCUT2D eigenvalue weighted by Crippen LogP contribution is 2.20. The van der Waals surface area contributed by atoms with Crippen molar-refractivity contribution in [3.8, 4) is 5.88 Å². The van der Waals surface area contributed by atoms with Crippen molar-refractivity contribution in [2.24, 2.45) is 0 Å². The smallest absolute Gasteiger partial charge is 0.218 e. The molecule has 2 heterocycles. The number of nitrogens with one attached hydrogen (secondary N) is 1. The minimum atomic E-state index is 0.0409. The fourth-order valence-electron chi connectivity index (χ4n) is 2.27. The van der Waals surface area contributed by atoms with Crippen LogP contribution in [0, 0.1) is 0 Å². The summed E-state index contributed by atoms with van der Waals surface area (Å²) in [5.74, 6) is 1.54. The molecule has 1 saturated heterocycles. The van der Waals surface area contributed by atoms with Gasteiger partial charge in [-0.15, -0.1) is 0 Å². The van der Waals surface area contributed by atoms with E-state index in [-0.39, 0.29) is 11.9 Å². The molecule has 0 saturated carbocycles. The van der Waals surface area contributed by atoms with Gasteiger partial charge < -0.3 is 15.0 Å². The van der Waals surface area contributed by atoms with Crippen LogP contribution in [0.1, 0.15) is 26.7 Å². The Morgan fingerprint density at radius 1 is 1.47 bits per heavy atom. The van der Waals surface area contributed by atoms with Crippen molar-refractivity contribution in [2.75, 3.05) is 24.6 Å². The Morgan fingerprint density at radius 2 is 2.21 bits per heavy atom. The molecule has 1 amide bonds. The second-order valence-corrected chi connectivity index (χ2v) is 4.61. The van der Waals surface area contributed by atoms with Gasteiger partial charge in [-0.1, -0.05) is 0 Å². The largest absolute Gasteiger partial charge is 0.478 e. The number of carbonyl (C=O) groups is 1. The minimum Gasteiger partial charge on any atom is -0.478 e. The van der Waals surface area contributed by atoms with Gasteiger partial charge in [-0.3, -0.25) is 4.79 Å². The molecule has 0 spiro atoms. The molecule has 1 aliphatic heterocycles. The standard InChI is InChI=1S/C13H20N4O2/c1-3-19-13-8-12(14-9-15-13)17-6-4-11(5-7-17)16-10(2)18/h8-9,11H,3-7H2,1-2H3,(H,16,18). The first-order valence-corrected chi connectivity index (χ1v) is 6.66. The number of piperidine rings is 1. The van der Waals surface area contributed by atoms with Crippen molar-refractivity contribution in [2.45, 2.75) is 32.7 Å². The van der Waals surface area contributed by atoms with Gasteiger partial charge in [0.1, 0.15) is 12.1 Å². The fraction of sp³-hybridized carbons (Fsp3) is 0.615. The van der Waals surface area contributed by atoms with E-state index in [0.717, 1.165) is 31.7 Å².